The molecule has 1 heterocycles. The van der Waals surface area contributed by atoms with E-state index in [0.29, 0.717) is 10.2 Å². The van der Waals surface area contributed by atoms with E-state index in [-0.39, 0.29) is 17.7 Å². The molecule has 27 heavy (non-hydrogen) atoms. The van der Waals surface area contributed by atoms with Crippen LogP contribution < -0.4 is 5.32 Å². The van der Waals surface area contributed by atoms with Crippen LogP contribution >= 0.6 is 23.4 Å². The minimum Gasteiger partial charge on any atom is -0.349 e. The summed E-state index contributed by atoms with van der Waals surface area (Å²) in [4.78, 5) is 12.3. The Morgan fingerprint density at radius 2 is 1.96 bits per heavy atom. The number of aromatic nitrogens is 3. The molecular formula is C20H21ClN4OS. The summed E-state index contributed by atoms with van der Waals surface area (Å²) in [5.74, 6) is 0.214. The fourth-order valence-electron chi connectivity index (χ4n) is 2.78. The van der Waals surface area contributed by atoms with Gasteiger partial charge in [-0.15, -0.1) is 10.2 Å². The molecule has 1 aromatic heterocycles. The van der Waals surface area contributed by atoms with E-state index in [0.717, 1.165) is 17.7 Å². The van der Waals surface area contributed by atoms with E-state index in [1.807, 2.05) is 54.0 Å². The Morgan fingerprint density at radius 3 is 2.70 bits per heavy atom. The van der Waals surface area contributed by atoms with Crippen LogP contribution in [0.25, 0.3) is 5.69 Å². The summed E-state index contributed by atoms with van der Waals surface area (Å²) in [7, 11) is 0. The van der Waals surface area contributed by atoms with Gasteiger partial charge >= 0.3 is 0 Å². The average molecular weight is 401 g/mol. The molecule has 1 N–H and O–H groups in total. The molecule has 0 fully saturated rings. The van der Waals surface area contributed by atoms with Crippen LogP contribution in [0.15, 0.2) is 60.0 Å². The number of halogens is 1. The van der Waals surface area contributed by atoms with Gasteiger partial charge in [0.05, 0.1) is 17.5 Å². The van der Waals surface area contributed by atoms with Gasteiger partial charge in [0.1, 0.15) is 6.33 Å². The number of carbonyl (C=O) groups excluding carboxylic acids is 1. The molecule has 0 saturated heterocycles. The average Bonchev–Trinajstić information content (AvgIpc) is 3.15. The van der Waals surface area contributed by atoms with Crippen LogP contribution in [0.3, 0.4) is 0 Å². The Labute approximate surface area is 168 Å². The Morgan fingerprint density at radius 1 is 1.22 bits per heavy atom. The van der Waals surface area contributed by atoms with Crippen molar-refractivity contribution in [3.63, 3.8) is 0 Å². The summed E-state index contributed by atoms with van der Waals surface area (Å²) >= 11 is 7.28. The lowest BCUT2D eigenvalue weighted by Gasteiger charge is -2.14. The monoisotopic (exact) mass is 400 g/mol. The predicted molar refractivity (Wildman–Crippen MR) is 109 cm³/mol. The first-order chi connectivity index (χ1) is 13.1. The zero-order valence-corrected chi connectivity index (χ0v) is 16.8. The van der Waals surface area contributed by atoms with Crippen LogP contribution in [0, 0.1) is 0 Å². The quantitative estimate of drug-likeness (QED) is 0.595. The molecule has 0 aliphatic carbocycles. The predicted octanol–water partition coefficient (Wildman–Crippen LogP) is 4.45. The van der Waals surface area contributed by atoms with Gasteiger partial charge in [0.25, 0.3) is 0 Å². The molecule has 1 atom stereocenters. The van der Waals surface area contributed by atoms with E-state index >= 15 is 0 Å². The number of hydrogen-bond donors (Lipinski definition) is 1. The van der Waals surface area contributed by atoms with Crippen LogP contribution in [0.2, 0.25) is 5.02 Å². The summed E-state index contributed by atoms with van der Waals surface area (Å²) in [6.45, 7) is 4.06. The summed E-state index contributed by atoms with van der Waals surface area (Å²) < 4.78 is 1.93. The maximum atomic E-state index is 12.3. The molecule has 5 nitrogen and oxygen atoms in total. The van der Waals surface area contributed by atoms with Crippen molar-refractivity contribution in [1.82, 2.24) is 20.1 Å². The third kappa shape index (κ3) is 4.90. The number of carbonyl (C=O) groups is 1. The number of amides is 1. The Hall–Kier alpha value is -2.31. The molecule has 2 aromatic carbocycles. The Kier molecular flexibility index (Phi) is 6.53. The summed E-state index contributed by atoms with van der Waals surface area (Å²) in [5, 5.41) is 12.6. The molecule has 0 aliphatic heterocycles. The zero-order valence-electron chi connectivity index (χ0n) is 15.2. The summed E-state index contributed by atoms with van der Waals surface area (Å²) in [6, 6.07) is 15.5. The highest BCUT2D eigenvalue weighted by molar-refractivity contribution is 7.99. The molecule has 1 amide bonds. The topological polar surface area (TPSA) is 59.8 Å². The lowest BCUT2D eigenvalue weighted by Crippen LogP contribution is -2.28. The van der Waals surface area contributed by atoms with Crippen LogP contribution in [0.1, 0.15) is 31.0 Å². The molecule has 3 rings (SSSR count). The number of nitrogens with one attached hydrogen (secondary N) is 1. The number of aryl methyl sites for hydroxylation is 1. The first-order valence-electron chi connectivity index (χ1n) is 8.74. The van der Waals surface area contributed by atoms with Gasteiger partial charge in [-0.2, -0.15) is 0 Å². The van der Waals surface area contributed by atoms with E-state index in [4.69, 9.17) is 11.6 Å². The number of thioether (sulfide) groups is 1. The molecule has 0 saturated carbocycles. The van der Waals surface area contributed by atoms with Crippen LogP contribution in [0.5, 0.6) is 0 Å². The normalized spacial score (nSPS) is 12.0. The van der Waals surface area contributed by atoms with Crippen LogP contribution in [-0.2, 0) is 11.2 Å². The van der Waals surface area contributed by atoms with Gasteiger partial charge in [0, 0.05) is 5.02 Å². The van der Waals surface area contributed by atoms with Gasteiger partial charge in [-0.05, 0) is 42.7 Å². The zero-order chi connectivity index (χ0) is 19.2. The van der Waals surface area contributed by atoms with Gasteiger partial charge in [-0.1, -0.05) is 60.6 Å². The van der Waals surface area contributed by atoms with Crippen molar-refractivity contribution in [2.45, 2.75) is 31.5 Å². The molecular weight excluding hydrogens is 380 g/mol. The van der Waals surface area contributed by atoms with Crippen molar-refractivity contribution >= 4 is 29.3 Å². The third-order valence-electron chi connectivity index (χ3n) is 4.23. The highest BCUT2D eigenvalue weighted by Gasteiger charge is 2.14. The standard InChI is InChI=1S/C20H21ClN4OS/c1-3-15-6-4-5-7-18(15)25-13-22-24-20(25)27-12-19(26)23-14(2)16-8-10-17(21)11-9-16/h4-11,13-14H,3,12H2,1-2H3,(H,23,26). The van der Waals surface area contributed by atoms with E-state index in [9.17, 15) is 4.79 Å². The first-order valence-corrected chi connectivity index (χ1v) is 10.1. The first kappa shape index (κ1) is 19.5. The van der Waals surface area contributed by atoms with Crippen molar-refractivity contribution in [2.75, 3.05) is 5.75 Å². The summed E-state index contributed by atoms with van der Waals surface area (Å²) in [5.41, 5.74) is 3.26. The van der Waals surface area contributed by atoms with Gasteiger partial charge < -0.3 is 5.32 Å². The highest BCUT2D eigenvalue weighted by Crippen LogP contribution is 2.23. The molecule has 0 bridgehead atoms. The number of para-hydroxylation sites is 1. The molecule has 7 heteroatoms. The fraction of sp³-hybridized carbons (Fsp3) is 0.250. The van der Waals surface area contributed by atoms with E-state index in [1.165, 1.54) is 17.3 Å². The Balaban J connectivity index is 1.63. The Bertz CT molecular complexity index is 910. The van der Waals surface area contributed by atoms with Crippen molar-refractivity contribution in [3.05, 3.63) is 71.0 Å². The maximum absolute atomic E-state index is 12.3. The lowest BCUT2D eigenvalue weighted by molar-refractivity contribution is -0.119. The third-order valence-corrected chi connectivity index (χ3v) is 5.42. The highest BCUT2D eigenvalue weighted by atomic mass is 35.5. The minimum atomic E-state index is -0.0888. The minimum absolute atomic E-state index is 0.0548. The van der Waals surface area contributed by atoms with Crippen LogP contribution in [0.4, 0.5) is 0 Å². The van der Waals surface area contributed by atoms with E-state index in [1.54, 1.807) is 6.33 Å². The van der Waals surface area contributed by atoms with Gasteiger partial charge in [0.15, 0.2) is 5.16 Å². The second-order valence-corrected chi connectivity index (χ2v) is 7.47. The van der Waals surface area contributed by atoms with Gasteiger partial charge in [-0.25, -0.2) is 0 Å². The van der Waals surface area contributed by atoms with Crippen molar-refractivity contribution in [1.29, 1.82) is 0 Å². The smallest absolute Gasteiger partial charge is 0.230 e. The van der Waals surface area contributed by atoms with Crippen LogP contribution in [-0.4, -0.2) is 26.4 Å². The SMILES string of the molecule is CCc1ccccc1-n1cnnc1SCC(=O)NC(C)c1ccc(Cl)cc1. The maximum Gasteiger partial charge on any atom is 0.230 e. The van der Waals surface area contributed by atoms with E-state index in [2.05, 4.69) is 28.5 Å². The molecule has 1 unspecified atom stereocenters. The molecule has 0 spiro atoms. The largest absolute Gasteiger partial charge is 0.349 e. The number of hydrogen-bond acceptors (Lipinski definition) is 4. The second kappa shape index (κ2) is 9.06. The van der Waals surface area contributed by atoms with E-state index < -0.39 is 0 Å². The van der Waals surface area contributed by atoms with Gasteiger partial charge in [0.2, 0.25) is 5.91 Å². The number of nitrogens with zero attached hydrogens (tertiary/aromatic N) is 3. The second-order valence-electron chi connectivity index (χ2n) is 6.10. The van der Waals surface area contributed by atoms with Gasteiger partial charge in [-0.3, -0.25) is 9.36 Å². The molecule has 3 aromatic rings. The van der Waals surface area contributed by atoms with Crippen molar-refractivity contribution in [2.24, 2.45) is 0 Å². The lowest BCUT2D eigenvalue weighted by atomic mass is 10.1. The molecule has 140 valence electrons. The van der Waals surface area contributed by atoms with Crippen molar-refractivity contribution < 1.29 is 4.79 Å². The van der Waals surface area contributed by atoms with Crippen molar-refractivity contribution in [3.8, 4) is 5.69 Å². The molecule has 0 radical (unpaired) electrons. The fourth-order valence-corrected chi connectivity index (χ4v) is 3.64. The molecule has 0 aliphatic rings. The number of rotatable bonds is 7. The summed E-state index contributed by atoms with van der Waals surface area (Å²) in [6.07, 6.45) is 2.60. The number of benzene rings is 2.